The Balaban J connectivity index is 1.39. The molecule has 5 rings (SSSR count). The van der Waals surface area contributed by atoms with E-state index in [9.17, 15) is 13.2 Å². The van der Waals surface area contributed by atoms with Gasteiger partial charge in [0.05, 0.1) is 28.5 Å². The maximum Gasteiger partial charge on any atom is 0.319 e. The monoisotopic (exact) mass is 516 g/mol. The number of aromatic nitrogens is 1. The maximum absolute atomic E-state index is 13.5. The Labute approximate surface area is 216 Å². The van der Waals surface area contributed by atoms with Gasteiger partial charge in [-0.2, -0.15) is 0 Å². The largest absolute Gasteiger partial charge is 0.444 e. The number of hydrogen-bond acceptors (Lipinski definition) is 6. The lowest BCUT2D eigenvalue weighted by Gasteiger charge is -2.16. The van der Waals surface area contributed by atoms with Crippen LogP contribution in [0, 0.1) is 0 Å². The molecule has 1 atom stereocenters. The summed E-state index contributed by atoms with van der Waals surface area (Å²) in [5.41, 5.74) is 4.78. The maximum atomic E-state index is 13.5. The molecule has 190 valence electrons. The summed E-state index contributed by atoms with van der Waals surface area (Å²) in [7, 11) is -1.70. The van der Waals surface area contributed by atoms with Gasteiger partial charge in [0.2, 0.25) is 5.89 Å². The molecule has 3 aromatic carbocycles. The summed E-state index contributed by atoms with van der Waals surface area (Å²) in [5.74, 6) is 0.00962. The molecule has 0 spiro atoms. The SMILES string of the molecule is CC(NC(=O)Nc1ccc(S(=O)(=O)Cc2ccc3c(c2)CN(C)C3)c(-c2ncco2)c1)c1ccccc1. The third-order valence-corrected chi connectivity index (χ3v) is 8.13. The van der Waals surface area contributed by atoms with Crippen molar-refractivity contribution in [3.8, 4) is 11.5 Å². The number of nitrogens with zero attached hydrogens (tertiary/aromatic N) is 2. The van der Waals surface area contributed by atoms with E-state index in [2.05, 4.69) is 20.5 Å². The Morgan fingerprint density at radius 3 is 2.59 bits per heavy atom. The zero-order chi connectivity index (χ0) is 26.0. The lowest BCUT2D eigenvalue weighted by atomic mass is 10.1. The highest BCUT2D eigenvalue weighted by molar-refractivity contribution is 7.90. The van der Waals surface area contributed by atoms with Crippen molar-refractivity contribution < 1.29 is 17.6 Å². The fraction of sp³-hybridized carbons (Fsp3) is 0.214. The van der Waals surface area contributed by atoms with Crippen LogP contribution in [0.2, 0.25) is 0 Å². The molecule has 0 saturated carbocycles. The number of fused-ring (bicyclic) bond motifs is 1. The minimum absolute atomic E-state index is 0.0937. The molecule has 2 heterocycles. The normalized spacial score (nSPS) is 14.2. The molecule has 8 nitrogen and oxygen atoms in total. The molecule has 9 heteroatoms. The number of carbonyl (C=O) groups is 1. The lowest BCUT2D eigenvalue weighted by molar-refractivity contribution is 0.249. The first-order valence-corrected chi connectivity index (χ1v) is 13.6. The molecule has 37 heavy (non-hydrogen) atoms. The molecule has 1 aromatic heterocycles. The summed E-state index contributed by atoms with van der Waals surface area (Å²) in [6, 6.07) is 19.5. The first kappa shape index (κ1) is 24.7. The number of urea groups is 1. The van der Waals surface area contributed by atoms with Crippen LogP contribution in [0.3, 0.4) is 0 Å². The second-order valence-electron chi connectivity index (χ2n) is 9.31. The number of anilines is 1. The van der Waals surface area contributed by atoms with Crippen LogP contribution < -0.4 is 10.6 Å². The molecule has 1 aliphatic heterocycles. The average molecular weight is 517 g/mol. The van der Waals surface area contributed by atoms with Gasteiger partial charge in [-0.25, -0.2) is 18.2 Å². The van der Waals surface area contributed by atoms with Gasteiger partial charge in [-0.05, 0) is 54.4 Å². The van der Waals surface area contributed by atoms with Crippen LogP contribution in [0.25, 0.3) is 11.5 Å². The van der Waals surface area contributed by atoms with E-state index >= 15 is 0 Å². The Hall–Kier alpha value is -3.95. The molecule has 2 amide bonds. The first-order valence-electron chi connectivity index (χ1n) is 12.0. The standard InChI is InChI=1S/C28H28N4O4S/c1-19(21-6-4-3-5-7-21)30-28(33)31-24-10-11-26(25(15-24)27-29-12-13-36-27)37(34,35)18-20-8-9-22-16-32(2)17-23(22)14-20/h3-15,19H,16-18H2,1-2H3,(H2,30,31,33). The minimum Gasteiger partial charge on any atom is -0.444 e. The summed E-state index contributed by atoms with van der Waals surface area (Å²) in [6.07, 6.45) is 2.84. The van der Waals surface area contributed by atoms with E-state index in [1.54, 1.807) is 12.1 Å². The lowest BCUT2D eigenvalue weighted by Crippen LogP contribution is -2.31. The highest BCUT2D eigenvalue weighted by Crippen LogP contribution is 2.32. The van der Waals surface area contributed by atoms with E-state index in [-0.39, 0.29) is 22.6 Å². The van der Waals surface area contributed by atoms with Crippen molar-refractivity contribution in [3.63, 3.8) is 0 Å². The molecule has 2 N–H and O–H groups in total. The molecule has 1 unspecified atom stereocenters. The van der Waals surface area contributed by atoms with Gasteiger partial charge < -0.3 is 15.1 Å². The van der Waals surface area contributed by atoms with Gasteiger partial charge in [-0.15, -0.1) is 0 Å². The first-order chi connectivity index (χ1) is 17.8. The van der Waals surface area contributed by atoms with E-state index in [1.807, 2.05) is 62.5 Å². The van der Waals surface area contributed by atoms with Gasteiger partial charge >= 0.3 is 6.03 Å². The number of amides is 2. The molecule has 0 fully saturated rings. The van der Waals surface area contributed by atoms with Crippen molar-refractivity contribution in [3.05, 3.63) is 101 Å². The molecule has 0 aliphatic carbocycles. The number of sulfone groups is 1. The van der Waals surface area contributed by atoms with Gasteiger partial charge in [0.1, 0.15) is 6.26 Å². The van der Waals surface area contributed by atoms with Crippen molar-refractivity contribution in [2.75, 3.05) is 12.4 Å². The van der Waals surface area contributed by atoms with Crippen molar-refractivity contribution in [1.29, 1.82) is 0 Å². The number of oxazole rings is 1. The quantitative estimate of drug-likeness (QED) is 0.352. The average Bonchev–Trinajstić information content (AvgIpc) is 3.53. The van der Waals surface area contributed by atoms with Crippen LogP contribution in [0.15, 0.2) is 88.5 Å². The van der Waals surface area contributed by atoms with E-state index in [0.717, 1.165) is 29.8 Å². The molecule has 4 aromatic rings. The topological polar surface area (TPSA) is 105 Å². The predicted octanol–water partition coefficient (Wildman–Crippen LogP) is 5.14. The third kappa shape index (κ3) is 5.58. The summed E-state index contributed by atoms with van der Waals surface area (Å²) in [4.78, 5) is 19.1. The third-order valence-electron chi connectivity index (χ3n) is 6.39. The number of hydrogen-bond donors (Lipinski definition) is 2. The van der Waals surface area contributed by atoms with Gasteiger partial charge in [-0.1, -0.05) is 48.5 Å². The highest BCUT2D eigenvalue weighted by atomic mass is 32.2. The van der Waals surface area contributed by atoms with Gasteiger partial charge in [0.25, 0.3) is 0 Å². The Bertz CT molecular complexity index is 1520. The Morgan fingerprint density at radius 2 is 1.84 bits per heavy atom. The van der Waals surface area contributed by atoms with E-state index < -0.39 is 15.9 Å². The van der Waals surface area contributed by atoms with Crippen LogP contribution >= 0.6 is 0 Å². The van der Waals surface area contributed by atoms with Crippen molar-refractivity contribution in [1.82, 2.24) is 15.2 Å². The zero-order valence-corrected chi connectivity index (χ0v) is 21.5. The van der Waals surface area contributed by atoms with Crippen LogP contribution in [0.1, 0.15) is 35.2 Å². The van der Waals surface area contributed by atoms with Crippen molar-refractivity contribution in [2.45, 2.75) is 36.7 Å². The van der Waals surface area contributed by atoms with Crippen molar-refractivity contribution >= 4 is 21.6 Å². The minimum atomic E-state index is -3.74. The number of benzene rings is 3. The predicted molar refractivity (Wildman–Crippen MR) is 141 cm³/mol. The second-order valence-corrected chi connectivity index (χ2v) is 11.3. The van der Waals surface area contributed by atoms with Crippen LogP contribution in [0.5, 0.6) is 0 Å². The van der Waals surface area contributed by atoms with E-state index in [0.29, 0.717) is 11.3 Å². The summed E-state index contributed by atoms with van der Waals surface area (Å²) in [6.45, 7) is 3.55. The molecular weight excluding hydrogens is 488 g/mol. The second kappa shape index (κ2) is 10.2. The van der Waals surface area contributed by atoms with Crippen LogP contribution in [-0.2, 0) is 28.7 Å². The molecular formula is C28H28N4O4S. The molecule has 0 radical (unpaired) electrons. The molecule has 0 saturated heterocycles. The van der Waals surface area contributed by atoms with Gasteiger partial charge in [0, 0.05) is 18.8 Å². The van der Waals surface area contributed by atoms with Crippen LogP contribution in [0.4, 0.5) is 10.5 Å². The number of nitrogens with one attached hydrogen (secondary N) is 2. The number of rotatable bonds is 7. The smallest absolute Gasteiger partial charge is 0.319 e. The fourth-order valence-electron chi connectivity index (χ4n) is 4.60. The van der Waals surface area contributed by atoms with Crippen molar-refractivity contribution in [2.24, 2.45) is 0 Å². The van der Waals surface area contributed by atoms with Gasteiger partial charge in [0.15, 0.2) is 9.84 Å². The van der Waals surface area contributed by atoms with E-state index in [1.165, 1.54) is 24.1 Å². The zero-order valence-electron chi connectivity index (χ0n) is 20.6. The summed E-state index contributed by atoms with van der Waals surface area (Å²) < 4.78 is 32.5. The number of carbonyl (C=O) groups excluding carboxylic acids is 1. The van der Waals surface area contributed by atoms with Crippen LogP contribution in [-0.4, -0.2) is 31.4 Å². The fourth-order valence-corrected chi connectivity index (χ4v) is 6.13. The van der Waals surface area contributed by atoms with Gasteiger partial charge in [-0.3, -0.25) is 4.90 Å². The summed E-state index contributed by atoms with van der Waals surface area (Å²) >= 11 is 0. The van der Waals surface area contributed by atoms with E-state index in [4.69, 9.17) is 4.42 Å². The summed E-state index contributed by atoms with van der Waals surface area (Å²) in [5, 5.41) is 5.68. The molecule has 0 bridgehead atoms. The Kier molecular flexibility index (Phi) is 6.82. The Morgan fingerprint density at radius 1 is 1.05 bits per heavy atom. The highest BCUT2D eigenvalue weighted by Gasteiger charge is 2.24. The molecule has 1 aliphatic rings.